The van der Waals surface area contributed by atoms with Gasteiger partial charge in [-0.3, -0.25) is 0 Å². The molecule has 0 aliphatic carbocycles. The average molecular weight is 170 g/mol. The first-order valence-electron chi connectivity index (χ1n) is 3.48. The van der Waals surface area contributed by atoms with Crippen molar-refractivity contribution in [2.24, 2.45) is 0 Å². The Bertz CT molecular complexity index is 261. The highest BCUT2D eigenvalue weighted by atomic mass is 16.7. The molecule has 0 aliphatic rings. The first-order chi connectivity index (χ1) is 5.52. The molecule has 0 spiro atoms. The molecule has 1 N–H and O–H groups in total. The Morgan fingerprint density at radius 2 is 2.33 bits per heavy atom. The number of hydrogen-bond acceptors (Lipinski definition) is 3. The molecule has 0 saturated carbocycles. The summed E-state index contributed by atoms with van der Waals surface area (Å²) in [5.41, 5.74) is -0.921. The van der Waals surface area contributed by atoms with E-state index in [1.54, 1.807) is 26.0 Å². The topological polar surface area (TPSA) is 59.7 Å². The van der Waals surface area contributed by atoms with Crippen LogP contribution in [0.1, 0.15) is 19.6 Å². The molecule has 0 radical (unpaired) electrons. The quantitative estimate of drug-likeness (QED) is 0.691. The standard InChI is InChI=1S/C8H10O4/c1-8(2,12-7(9)10)6-4-3-5-11-6/h3-5H,1-2H3,(H,9,10). The Morgan fingerprint density at radius 1 is 1.67 bits per heavy atom. The Balaban J connectivity index is 2.79. The van der Waals surface area contributed by atoms with Crippen molar-refractivity contribution >= 4 is 6.16 Å². The largest absolute Gasteiger partial charge is 0.506 e. The predicted molar refractivity (Wildman–Crippen MR) is 40.8 cm³/mol. The van der Waals surface area contributed by atoms with E-state index in [1.807, 2.05) is 0 Å². The highest BCUT2D eigenvalue weighted by Gasteiger charge is 2.27. The van der Waals surface area contributed by atoms with Gasteiger partial charge in [0.1, 0.15) is 5.76 Å². The maximum atomic E-state index is 10.2. The summed E-state index contributed by atoms with van der Waals surface area (Å²) in [6, 6.07) is 3.35. The van der Waals surface area contributed by atoms with Gasteiger partial charge in [-0.05, 0) is 26.0 Å². The third-order valence-electron chi connectivity index (χ3n) is 1.46. The summed E-state index contributed by atoms with van der Waals surface area (Å²) in [6.45, 7) is 3.25. The fourth-order valence-electron chi connectivity index (χ4n) is 0.890. The van der Waals surface area contributed by atoms with E-state index in [1.165, 1.54) is 6.26 Å². The van der Waals surface area contributed by atoms with Gasteiger partial charge in [-0.25, -0.2) is 4.79 Å². The van der Waals surface area contributed by atoms with Crippen LogP contribution in [-0.4, -0.2) is 11.3 Å². The van der Waals surface area contributed by atoms with Crippen LogP contribution in [0.15, 0.2) is 22.8 Å². The molecule has 0 aromatic carbocycles. The van der Waals surface area contributed by atoms with Crippen molar-refractivity contribution in [1.29, 1.82) is 0 Å². The monoisotopic (exact) mass is 170 g/mol. The third-order valence-corrected chi connectivity index (χ3v) is 1.46. The lowest BCUT2D eigenvalue weighted by atomic mass is 10.1. The van der Waals surface area contributed by atoms with E-state index < -0.39 is 11.8 Å². The van der Waals surface area contributed by atoms with Crippen LogP contribution in [0.3, 0.4) is 0 Å². The van der Waals surface area contributed by atoms with Crippen LogP contribution in [0.4, 0.5) is 4.79 Å². The number of rotatable bonds is 2. The van der Waals surface area contributed by atoms with Crippen LogP contribution >= 0.6 is 0 Å². The summed E-state index contributed by atoms with van der Waals surface area (Å²) in [7, 11) is 0. The van der Waals surface area contributed by atoms with Crippen LogP contribution in [-0.2, 0) is 10.3 Å². The van der Waals surface area contributed by atoms with Crippen molar-refractivity contribution in [3.63, 3.8) is 0 Å². The van der Waals surface area contributed by atoms with Crippen molar-refractivity contribution in [2.45, 2.75) is 19.4 Å². The zero-order valence-corrected chi connectivity index (χ0v) is 6.90. The summed E-state index contributed by atoms with van der Waals surface area (Å²) in [5.74, 6) is 0.491. The van der Waals surface area contributed by atoms with E-state index in [0.29, 0.717) is 5.76 Å². The molecule has 1 aromatic heterocycles. The lowest BCUT2D eigenvalue weighted by Gasteiger charge is -2.19. The minimum Gasteiger partial charge on any atom is -0.465 e. The Hall–Kier alpha value is -1.45. The van der Waals surface area contributed by atoms with Crippen LogP contribution < -0.4 is 0 Å². The van der Waals surface area contributed by atoms with Crippen LogP contribution in [0.5, 0.6) is 0 Å². The van der Waals surface area contributed by atoms with Crippen molar-refractivity contribution in [3.05, 3.63) is 24.2 Å². The van der Waals surface area contributed by atoms with E-state index >= 15 is 0 Å². The van der Waals surface area contributed by atoms with Gasteiger partial charge in [0.25, 0.3) is 0 Å². The van der Waals surface area contributed by atoms with Crippen molar-refractivity contribution in [3.8, 4) is 0 Å². The summed E-state index contributed by atoms with van der Waals surface area (Å²) >= 11 is 0. The Morgan fingerprint density at radius 3 is 2.75 bits per heavy atom. The Kier molecular flexibility index (Phi) is 2.08. The number of hydrogen-bond donors (Lipinski definition) is 1. The molecule has 0 aliphatic heterocycles. The van der Waals surface area contributed by atoms with Crippen molar-refractivity contribution < 1.29 is 19.1 Å². The highest BCUT2D eigenvalue weighted by molar-refractivity contribution is 5.57. The van der Waals surface area contributed by atoms with Gasteiger partial charge in [-0.2, -0.15) is 0 Å². The van der Waals surface area contributed by atoms with E-state index in [2.05, 4.69) is 4.74 Å². The smallest absolute Gasteiger partial charge is 0.465 e. The van der Waals surface area contributed by atoms with E-state index in [-0.39, 0.29) is 0 Å². The van der Waals surface area contributed by atoms with Gasteiger partial charge in [0.2, 0.25) is 0 Å². The van der Waals surface area contributed by atoms with Gasteiger partial charge in [-0.15, -0.1) is 0 Å². The minimum absolute atomic E-state index is 0.491. The predicted octanol–water partition coefficient (Wildman–Crippen LogP) is 2.21. The molecule has 0 unspecified atom stereocenters. The number of furan rings is 1. The van der Waals surface area contributed by atoms with Crippen molar-refractivity contribution in [1.82, 2.24) is 0 Å². The SMILES string of the molecule is CC(C)(OC(=O)O)c1ccco1. The summed E-state index contributed by atoms with van der Waals surface area (Å²) < 4.78 is 9.62. The zero-order chi connectivity index (χ0) is 9.19. The molecular weight excluding hydrogens is 160 g/mol. The molecule has 1 rings (SSSR count). The van der Waals surface area contributed by atoms with Crippen LogP contribution in [0.2, 0.25) is 0 Å². The summed E-state index contributed by atoms with van der Waals surface area (Å²) in [5, 5.41) is 8.38. The van der Waals surface area contributed by atoms with Gasteiger partial charge in [0.15, 0.2) is 5.60 Å². The Labute approximate surface area is 69.8 Å². The van der Waals surface area contributed by atoms with Gasteiger partial charge >= 0.3 is 6.16 Å². The minimum atomic E-state index is -1.31. The van der Waals surface area contributed by atoms with Crippen molar-refractivity contribution in [2.75, 3.05) is 0 Å². The first kappa shape index (κ1) is 8.64. The number of carboxylic acid groups (broad SMARTS) is 1. The fraction of sp³-hybridized carbons (Fsp3) is 0.375. The third kappa shape index (κ3) is 1.78. The molecule has 4 heteroatoms. The van der Waals surface area contributed by atoms with E-state index in [9.17, 15) is 4.79 Å². The molecule has 0 fully saturated rings. The second-order valence-corrected chi connectivity index (χ2v) is 2.86. The summed E-state index contributed by atoms with van der Waals surface area (Å²) in [6.07, 6.45) is 0.166. The molecule has 0 bridgehead atoms. The second-order valence-electron chi connectivity index (χ2n) is 2.86. The average Bonchev–Trinajstić information content (AvgIpc) is 2.32. The second kappa shape index (κ2) is 2.89. The maximum absolute atomic E-state index is 10.2. The number of carbonyl (C=O) groups is 1. The molecular formula is C8H10O4. The first-order valence-corrected chi connectivity index (χ1v) is 3.48. The maximum Gasteiger partial charge on any atom is 0.506 e. The van der Waals surface area contributed by atoms with Gasteiger partial charge < -0.3 is 14.3 Å². The molecule has 12 heavy (non-hydrogen) atoms. The van der Waals surface area contributed by atoms with E-state index in [0.717, 1.165) is 0 Å². The molecule has 0 saturated heterocycles. The van der Waals surface area contributed by atoms with E-state index in [4.69, 9.17) is 9.52 Å². The highest BCUT2D eigenvalue weighted by Crippen LogP contribution is 2.24. The zero-order valence-electron chi connectivity index (χ0n) is 6.90. The molecule has 66 valence electrons. The van der Waals surface area contributed by atoms with Gasteiger partial charge in [-0.1, -0.05) is 0 Å². The van der Waals surface area contributed by atoms with Gasteiger partial charge in [0.05, 0.1) is 6.26 Å². The van der Waals surface area contributed by atoms with Gasteiger partial charge in [0, 0.05) is 0 Å². The fourth-order valence-corrected chi connectivity index (χ4v) is 0.890. The molecule has 4 nitrogen and oxygen atoms in total. The number of ether oxygens (including phenoxy) is 1. The molecule has 1 aromatic rings. The summed E-state index contributed by atoms with van der Waals surface area (Å²) in [4.78, 5) is 10.2. The molecule has 0 amide bonds. The molecule has 1 heterocycles. The normalized spacial score (nSPS) is 11.2. The lowest BCUT2D eigenvalue weighted by molar-refractivity contribution is -0.0115. The van der Waals surface area contributed by atoms with Crippen LogP contribution in [0.25, 0.3) is 0 Å². The lowest BCUT2D eigenvalue weighted by Crippen LogP contribution is -2.23. The molecule has 0 atom stereocenters. The van der Waals surface area contributed by atoms with Crippen LogP contribution in [0, 0.1) is 0 Å².